The van der Waals surface area contributed by atoms with Crippen LogP contribution in [0.1, 0.15) is 18.4 Å². The Balaban J connectivity index is 1.03. The van der Waals surface area contributed by atoms with Gasteiger partial charge < -0.3 is 9.64 Å². The van der Waals surface area contributed by atoms with Crippen molar-refractivity contribution < 1.29 is 23.9 Å². The van der Waals surface area contributed by atoms with E-state index in [9.17, 15) is 19.2 Å². The van der Waals surface area contributed by atoms with Crippen LogP contribution in [0.25, 0.3) is 0 Å². The van der Waals surface area contributed by atoms with Gasteiger partial charge in [0.1, 0.15) is 5.75 Å². The summed E-state index contributed by atoms with van der Waals surface area (Å²) in [6, 6.07) is 14.1. The SMILES string of the molecule is Cc1ccc(N2C[C@H](C(=O)Oc3ccc(N4C(=O)[C@@H]5[C@H]6C=C[C@@H]([C@@H]7C[C@@H]67)[C@H]5C4=O)cc3)CC2=O)cc1. The fourth-order valence-electron chi connectivity index (χ4n) is 6.91. The summed E-state index contributed by atoms with van der Waals surface area (Å²) in [6.45, 7) is 2.25. The zero-order chi connectivity index (χ0) is 24.7. The molecular formula is C29H26N2O5. The first-order valence-electron chi connectivity index (χ1n) is 12.7. The summed E-state index contributed by atoms with van der Waals surface area (Å²) < 4.78 is 5.56. The Morgan fingerprint density at radius 3 is 2.03 bits per heavy atom. The van der Waals surface area contributed by atoms with Gasteiger partial charge in [0.25, 0.3) is 0 Å². The number of esters is 1. The summed E-state index contributed by atoms with van der Waals surface area (Å²) in [5.41, 5.74) is 2.38. The monoisotopic (exact) mass is 482 g/mol. The molecule has 4 aliphatic carbocycles. The molecule has 0 aromatic heterocycles. The van der Waals surface area contributed by atoms with E-state index in [1.54, 1.807) is 29.2 Å². The number of hydrogen-bond acceptors (Lipinski definition) is 5. The fraction of sp³-hybridized carbons (Fsp3) is 0.379. The number of anilines is 2. The predicted molar refractivity (Wildman–Crippen MR) is 131 cm³/mol. The molecule has 0 N–H and O–H groups in total. The molecular weight excluding hydrogens is 456 g/mol. The van der Waals surface area contributed by atoms with Crippen LogP contribution < -0.4 is 14.5 Å². The van der Waals surface area contributed by atoms with Crippen LogP contribution in [0.4, 0.5) is 11.4 Å². The van der Waals surface area contributed by atoms with Crippen LogP contribution in [0.5, 0.6) is 5.75 Å². The lowest BCUT2D eigenvalue weighted by atomic mass is 9.63. The Bertz CT molecular complexity index is 1290. The maximum atomic E-state index is 13.3. The number of carbonyl (C=O) groups is 4. The van der Waals surface area contributed by atoms with E-state index in [0.29, 0.717) is 23.3 Å². The minimum Gasteiger partial charge on any atom is -0.426 e. The fourth-order valence-corrected chi connectivity index (χ4v) is 6.91. The van der Waals surface area contributed by atoms with Gasteiger partial charge in [0.2, 0.25) is 17.7 Å². The number of allylic oxidation sites excluding steroid dienone is 2. The summed E-state index contributed by atoms with van der Waals surface area (Å²) in [7, 11) is 0. The number of amides is 3. The number of carbonyl (C=O) groups excluding carboxylic acids is 4. The van der Waals surface area contributed by atoms with Crippen LogP contribution in [-0.2, 0) is 19.2 Å². The van der Waals surface area contributed by atoms with Gasteiger partial charge in [-0.25, -0.2) is 0 Å². The van der Waals surface area contributed by atoms with E-state index in [4.69, 9.17) is 4.74 Å². The topological polar surface area (TPSA) is 84.0 Å². The zero-order valence-electron chi connectivity index (χ0n) is 19.9. The lowest BCUT2D eigenvalue weighted by molar-refractivity contribution is -0.139. The third kappa shape index (κ3) is 3.11. The molecule has 2 aromatic carbocycles. The van der Waals surface area contributed by atoms with Crippen molar-refractivity contribution in [2.24, 2.45) is 41.4 Å². The van der Waals surface area contributed by atoms with Crippen molar-refractivity contribution in [1.82, 2.24) is 0 Å². The van der Waals surface area contributed by atoms with Gasteiger partial charge in [0, 0.05) is 18.7 Å². The highest BCUT2D eigenvalue weighted by Crippen LogP contribution is 2.65. The minimum atomic E-state index is -0.558. The first-order valence-corrected chi connectivity index (χ1v) is 12.7. The van der Waals surface area contributed by atoms with Gasteiger partial charge in [-0.3, -0.25) is 24.1 Å². The molecule has 0 spiro atoms. The van der Waals surface area contributed by atoms with Crippen LogP contribution in [0.15, 0.2) is 60.7 Å². The molecule has 2 heterocycles. The number of hydrogen-bond donors (Lipinski definition) is 0. The second-order valence-corrected chi connectivity index (χ2v) is 10.8. The average molecular weight is 483 g/mol. The lowest BCUT2D eigenvalue weighted by Crippen LogP contribution is -2.40. The van der Waals surface area contributed by atoms with Crippen molar-refractivity contribution in [3.63, 3.8) is 0 Å². The van der Waals surface area contributed by atoms with E-state index in [2.05, 4.69) is 12.2 Å². The number of rotatable bonds is 4. The Labute approximate surface area is 208 Å². The number of nitrogens with zero attached hydrogens (tertiary/aromatic N) is 2. The van der Waals surface area contributed by atoms with E-state index < -0.39 is 11.9 Å². The molecule has 7 nitrogen and oxygen atoms in total. The van der Waals surface area contributed by atoms with Gasteiger partial charge >= 0.3 is 5.97 Å². The molecule has 7 heteroatoms. The number of aryl methyl sites for hydroxylation is 1. The van der Waals surface area contributed by atoms with Crippen molar-refractivity contribution in [3.05, 3.63) is 66.2 Å². The Morgan fingerprint density at radius 1 is 0.833 bits per heavy atom. The van der Waals surface area contributed by atoms with E-state index in [-0.39, 0.29) is 54.4 Å². The summed E-state index contributed by atoms with van der Waals surface area (Å²) >= 11 is 0. The molecule has 182 valence electrons. The Morgan fingerprint density at radius 2 is 1.42 bits per heavy atom. The first-order chi connectivity index (χ1) is 17.4. The maximum Gasteiger partial charge on any atom is 0.316 e. The van der Waals surface area contributed by atoms with Crippen LogP contribution in [0, 0.1) is 48.3 Å². The second-order valence-electron chi connectivity index (χ2n) is 10.8. The van der Waals surface area contributed by atoms with Crippen molar-refractivity contribution in [3.8, 4) is 5.75 Å². The summed E-state index contributed by atoms with van der Waals surface area (Å²) in [4.78, 5) is 54.8. The number of ether oxygens (including phenoxy) is 1. The van der Waals surface area contributed by atoms with Crippen molar-refractivity contribution in [1.29, 1.82) is 0 Å². The van der Waals surface area contributed by atoms with Crippen molar-refractivity contribution in [2.45, 2.75) is 19.8 Å². The highest BCUT2D eigenvalue weighted by atomic mass is 16.5. The summed E-state index contributed by atoms with van der Waals surface area (Å²) in [5.74, 6) is -0.0387. The van der Waals surface area contributed by atoms with E-state index in [1.807, 2.05) is 31.2 Å². The molecule has 2 aromatic rings. The maximum absolute atomic E-state index is 13.3. The van der Waals surface area contributed by atoms with Gasteiger partial charge in [-0.05, 0) is 73.4 Å². The quantitative estimate of drug-likeness (QED) is 0.288. The summed E-state index contributed by atoms with van der Waals surface area (Å²) in [6.07, 6.45) is 5.55. The molecule has 2 saturated heterocycles. The normalized spacial score (nSPS) is 33.7. The Hall–Kier alpha value is -3.74. The van der Waals surface area contributed by atoms with Gasteiger partial charge in [0.05, 0.1) is 23.4 Å². The van der Waals surface area contributed by atoms with Crippen LogP contribution >= 0.6 is 0 Å². The molecule has 2 aliphatic heterocycles. The molecule has 0 unspecified atom stereocenters. The van der Waals surface area contributed by atoms with Gasteiger partial charge in [0.15, 0.2) is 0 Å². The van der Waals surface area contributed by atoms with Gasteiger partial charge in [-0.15, -0.1) is 0 Å². The average Bonchev–Trinajstić information content (AvgIpc) is 3.56. The molecule has 3 amide bonds. The highest BCUT2D eigenvalue weighted by Gasteiger charge is 2.67. The smallest absolute Gasteiger partial charge is 0.316 e. The van der Waals surface area contributed by atoms with E-state index in [0.717, 1.165) is 17.7 Å². The van der Waals surface area contributed by atoms with E-state index in [1.165, 1.54) is 4.90 Å². The molecule has 8 rings (SSSR count). The molecule has 2 bridgehead atoms. The summed E-state index contributed by atoms with van der Waals surface area (Å²) in [5, 5.41) is 0. The van der Waals surface area contributed by atoms with Crippen LogP contribution in [-0.4, -0.2) is 30.2 Å². The molecule has 36 heavy (non-hydrogen) atoms. The molecule has 0 radical (unpaired) electrons. The second kappa shape index (κ2) is 7.63. The minimum absolute atomic E-state index is 0.0999. The number of benzene rings is 2. The van der Waals surface area contributed by atoms with Crippen LogP contribution in [0.2, 0.25) is 0 Å². The third-order valence-corrected chi connectivity index (χ3v) is 8.78. The first kappa shape index (κ1) is 21.5. The van der Waals surface area contributed by atoms with E-state index >= 15 is 0 Å². The molecule has 4 fully saturated rings. The predicted octanol–water partition coefficient (Wildman–Crippen LogP) is 3.51. The van der Waals surface area contributed by atoms with Crippen molar-refractivity contribution in [2.75, 3.05) is 16.3 Å². The van der Waals surface area contributed by atoms with Gasteiger partial charge in [-0.2, -0.15) is 0 Å². The zero-order valence-corrected chi connectivity index (χ0v) is 19.9. The standard InChI is InChI=1S/C29H26N2O5/c1-15-2-4-17(5-3-15)30-14-16(12-24(30)32)29(35)36-19-8-6-18(7-9-19)31-27(33)25-20-10-11-21(23-13-22(20)23)26(25)28(31)34/h2-11,16,20-23,25-26H,12-14H2,1H3/t16-,20+,21+,22+,23+,25-,26-/m1/s1. The lowest BCUT2D eigenvalue weighted by Gasteiger charge is -2.37. The highest BCUT2D eigenvalue weighted by molar-refractivity contribution is 6.22. The van der Waals surface area contributed by atoms with Gasteiger partial charge in [-0.1, -0.05) is 29.8 Å². The van der Waals surface area contributed by atoms with Crippen LogP contribution in [0.3, 0.4) is 0 Å². The molecule has 7 atom stereocenters. The molecule has 6 aliphatic rings. The number of imide groups is 1. The Kier molecular flexibility index (Phi) is 4.56. The molecule has 2 saturated carbocycles. The van der Waals surface area contributed by atoms with Crippen molar-refractivity contribution >= 4 is 35.1 Å². The third-order valence-electron chi connectivity index (χ3n) is 8.78. The largest absolute Gasteiger partial charge is 0.426 e.